The Balaban J connectivity index is 2.63. The van der Waals surface area contributed by atoms with Gasteiger partial charge in [0.2, 0.25) is 0 Å². The largest absolute Gasteiger partial charge is 0.382 e. The fourth-order valence-corrected chi connectivity index (χ4v) is 1.96. The van der Waals surface area contributed by atoms with Crippen LogP contribution in [0.1, 0.15) is 19.7 Å². The molecule has 2 aromatic heterocycles. The standard InChI is InChI=1S/C11H14ClN3/c1-7(2)6-9-14-11(13)10-8(12)4-3-5-15(9)10/h3-5,7H,6,13H2,1-2H3. The second-order valence-electron chi connectivity index (χ2n) is 4.09. The number of fused-ring (bicyclic) bond motifs is 1. The summed E-state index contributed by atoms with van der Waals surface area (Å²) in [4.78, 5) is 4.35. The second-order valence-corrected chi connectivity index (χ2v) is 4.49. The summed E-state index contributed by atoms with van der Waals surface area (Å²) in [5, 5.41) is 0.650. The molecule has 0 aliphatic heterocycles. The van der Waals surface area contributed by atoms with Gasteiger partial charge in [0.05, 0.1) is 5.02 Å². The first-order chi connectivity index (χ1) is 7.09. The minimum Gasteiger partial charge on any atom is -0.382 e. The minimum atomic E-state index is 0.510. The van der Waals surface area contributed by atoms with Crippen molar-refractivity contribution in [2.24, 2.45) is 5.92 Å². The summed E-state index contributed by atoms with van der Waals surface area (Å²) >= 11 is 6.07. The summed E-state index contributed by atoms with van der Waals surface area (Å²) in [5.41, 5.74) is 6.65. The molecule has 15 heavy (non-hydrogen) atoms. The molecule has 0 saturated heterocycles. The Bertz CT molecular complexity index is 488. The van der Waals surface area contributed by atoms with Gasteiger partial charge in [-0.25, -0.2) is 4.98 Å². The van der Waals surface area contributed by atoms with Crippen molar-refractivity contribution in [1.82, 2.24) is 9.38 Å². The van der Waals surface area contributed by atoms with Gasteiger partial charge in [-0.15, -0.1) is 0 Å². The Morgan fingerprint density at radius 2 is 2.27 bits per heavy atom. The van der Waals surface area contributed by atoms with E-state index < -0.39 is 0 Å². The fourth-order valence-electron chi connectivity index (χ4n) is 1.70. The van der Waals surface area contributed by atoms with Crippen molar-refractivity contribution in [2.75, 3.05) is 5.73 Å². The lowest BCUT2D eigenvalue weighted by Crippen LogP contribution is -2.00. The Morgan fingerprint density at radius 1 is 1.53 bits per heavy atom. The van der Waals surface area contributed by atoms with Crippen molar-refractivity contribution in [1.29, 1.82) is 0 Å². The molecule has 0 unspecified atom stereocenters. The summed E-state index contributed by atoms with van der Waals surface area (Å²) in [6, 6.07) is 3.73. The lowest BCUT2D eigenvalue weighted by molar-refractivity contribution is 0.619. The number of nitrogen functional groups attached to an aromatic ring is 1. The van der Waals surface area contributed by atoms with E-state index in [1.807, 2.05) is 22.7 Å². The molecule has 2 aromatic rings. The van der Waals surface area contributed by atoms with Gasteiger partial charge >= 0.3 is 0 Å². The monoisotopic (exact) mass is 223 g/mol. The van der Waals surface area contributed by atoms with E-state index in [4.69, 9.17) is 17.3 Å². The molecule has 3 nitrogen and oxygen atoms in total. The SMILES string of the molecule is CC(C)Cc1nc(N)c2c(Cl)cccn12. The molecule has 2 N–H and O–H groups in total. The highest BCUT2D eigenvalue weighted by Crippen LogP contribution is 2.24. The third-order valence-corrected chi connectivity index (χ3v) is 2.61. The third-order valence-electron chi connectivity index (χ3n) is 2.31. The lowest BCUT2D eigenvalue weighted by Gasteiger charge is -2.03. The van der Waals surface area contributed by atoms with E-state index in [0.717, 1.165) is 17.8 Å². The Kier molecular flexibility index (Phi) is 2.57. The Hall–Kier alpha value is -1.22. The molecule has 80 valence electrons. The maximum Gasteiger partial charge on any atom is 0.151 e. The first kappa shape index (κ1) is 10.3. The number of nitrogens with two attached hydrogens (primary N) is 1. The van der Waals surface area contributed by atoms with Crippen molar-refractivity contribution >= 4 is 22.9 Å². The first-order valence-electron chi connectivity index (χ1n) is 5.00. The number of halogens is 1. The highest BCUT2D eigenvalue weighted by molar-refractivity contribution is 6.34. The Labute approximate surface area is 93.9 Å². The molecule has 0 saturated carbocycles. The van der Waals surface area contributed by atoms with Crippen molar-refractivity contribution in [3.05, 3.63) is 29.2 Å². The molecule has 0 aliphatic carbocycles. The fraction of sp³-hybridized carbons (Fsp3) is 0.364. The van der Waals surface area contributed by atoms with Gasteiger partial charge < -0.3 is 10.1 Å². The van der Waals surface area contributed by atoms with Crippen LogP contribution in [0.25, 0.3) is 5.52 Å². The van der Waals surface area contributed by atoms with E-state index in [1.54, 1.807) is 0 Å². The maximum atomic E-state index is 6.07. The van der Waals surface area contributed by atoms with Crippen LogP contribution in [0.2, 0.25) is 5.02 Å². The summed E-state index contributed by atoms with van der Waals surface area (Å²) in [6.45, 7) is 4.31. The zero-order valence-electron chi connectivity index (χ0n) is 8.87. The number of rotatable bonds is 2. The topological polar surface area (TPSA) is 43.3 Å². The second kappa shape index (κ2) is 3.74. The molecule has 0 aromatic carbocycles. The van der Waals surface area contributed by atoms with Crippen molar-refractivity contribution in [3.63, 3.8) is 0 Å². The predicted octanol–water partition coefficient (Wildman–Crippen LogP) is 2.77. The Morgan fingerprint density at radius 3 is 2.93 bits per heavy atom. The number of anilines is 1. The van der Waals surface area contributed by atoms with E-state index >= 15 is 0 Å². The van der Waals surface area contributed by atoms with Crippen LogP contribution < -0.4 is 5.73 Å². The molecule has 2 heterocycles. The number of hydrogen-bond acceptors (Lipinski definition) is 2. The number of hydrogen-bond donors (Lipinski definition) is 1. The highest BCUT2D eigenvalue weighted by Gasteiger charge is 2.11. The van der Waals surface area contributed by atoms with Gasteiger partial charge in [0.1, 0.15) is 11.3 Å². The summed E-state index contributed by atoms with van der Waals surface area (Å²) < 4.78 is 1.97. The summed E-state index contributed by atoms with van der Waals surface area (Å²) in [6.07, 6.45) is 2.85. The third kappa shape index (κ3) is 1.79. The smallest absolute Gasteiger partial charge is 0.151 e. The predicted molar refractivity (Wildman–Crippen MR) is 63.2 cm³/mol. The molecule has 0 atom stereocenters. The summed E-state index contributed by atoms with van der Waals surface area (Å²) in [7, 11) is 0. The van der Waals surface area contributed by atoms with Crippen molar-refractivity contribution < 1.29 is 0 Å². The normalized spacial score (nSPS) is 11.5. The van der Waals surface area contributed by atoms with Gasteiger partial charge in [0, 0.05) is 12.6 Å². The lowest BCUT2D eigenvalue weighted by atomic mass is 10.1. The average Bonchev–Trinajstić information content (AvgIpc) is 2.44. The van der Waals surface area contributed by atoms with Crippen LogP contribution in [0, 0.1) is 5.92 Å². The van der Waals surface area contributed by atoms with E-state index in [2.05, 4.69) is 18.8 Å². The number of nitrogens with zero attached hydrogens (tertiary/aromatic N) is 2. The molecule has 0 aliphatic rings. The first-order valence-corrected chi connectivity index (χ1v) is 5.38. The maximum absolute atomic E-state index is 6.07. The van der Waals surface area contributed by atoms with Gasteiger partial charge in [0.15, 0.2) is 5.82 Å². The van der Waals surface area contributed by atoms with Gasteiger partial charge in [-0.2, -0.15) is 0 Å². The van der Waals surface area contributed by atoms with Gasteiger partial charge in [-0.05, 0) is 18.1 Å². The van der Waals surface area contributed by atoms with E-state index in [0.29, 0.717) is 16.8 Å². The van der Waals surface area contributed by atoms with Crippen molar-refractivity contribution in [3.8, 4) is 0 Å². The van der Waals surface area contributed by atoms with E-state index in [9.17, 15) is 0 Å². The van der Waals surface area contributed by atoms with Crippen LogP contribution in [-0.4, -0.2) is 9.38 Å². The molecular weight excluding hydrogens is 210 g/mol. The molecular formula is C11H14ClN3. The van der Waals surface area contributed by atoms with Crippen LogP contribution in [0.15, 0.2) is 18.3 Å². The van der Waals surface area contributed by atoms with Gasteiger partial charge in [0.25, 0.3) is 0 Å². The number of imidazole rings is 1. The summed E-state index contributed by atoms with van der Waals surface area (Å²) in [5.74, 6) is 2.03. The quantitative estimate of drug-likeness (QED) is 0.851. The van der Waals surface area contributed by atoms with Crippen molar-refractivity contribution in [2.45, 2.75) is 20.3 Å². The van der Waals surface area contributed by atoms with Gasteiger partial charge in [-0.1, -0.05) is 25.4 Å². The molecule has 2 rings (SSSR count). The molecule has 4 heteroatoms. The van der Waals surface area contributed by atoms with Crippen LogP contribution in [0.3, 0.4) is 0 Å². The van der Waals surface area contributed by atoms with E-state index in [-0.39, 0.29) is 0 Å². The highest BCUT2D eigenvalue weighted by atomic mass is 35.5. The molecule has 0 radical (unpaired) electrons. The van der Waals surface area contributed by atoms with Crippen LogP contribution in [-0.2, 0) is 6.42 Å². The van der Waals surface area contributed by atoms with Crippen LogP contribution in [0.5, 0.6) is 0 Å². The zero-order chi connectivity index (χ0) is 11.0. The van der Waals surface area contributed by atoms with Gasteiger partial charge in [-0.3, -0.25) is 0 Å². The van der Waals surface area contributed by atoms with Crippen LogP contribution in [0.4, 0.5) is 5.82 Å². The van der Waals surface area contributed by atoms with E-state index in [1.165, 1.54) is 0 Å². The molecule has 0 bridgehead atoms. The van der Waals surface area contributed by atoms with Crippen LogP contribution >= 0.6 is 11.6 Å². The molecule has 0 amide bonds. The number of aromatic nitrogens is 2. The zero-order valence-corrected chi connectivity index (χ0v) is 9.62. The average molecular weight is 224 g/mol. The molecule has 0 spiro atoms. The molecule has 0 fully saturated rings. The minimum absolute atomic E-state index is 0.510. The number of pyridine rings is 1.